The van der Waals surface area contributed by atoms with Crippen molar-refractivity contribution in [3.8, 4) is 0 Å². The lowest BCUT2D eigenvalue weighted by atomic mass is 9.46. The van der Waals surface area contributed by atoms with Crippen LogP contribution in [-0.4, -0.2) is 23.2 Å². The molecule has 0 bridgehead atoms. The predicted molar refractivity (Wildman–Crippen MR) is 121 cm³/mol. The number of carbonyl (C=O) groups excluding carboxylic acids is 2. The Morgan fingerprint density at radius 1 is 1.30 bits per heavy atom. The molecule has 0 aromatic heterocycles. The van der Waals surface area contributed by atoms with Crippen molar-refractivity contribution in [2.75, 3.05) is 6.54 Å². The summed E-state index contributed by atoms with van der Waals surface area (Å²) in [6.45, 7) is 16.2. The molecular weight excluding hydrogens is 374 g/mol. The van der Waals surface area contributed by atoms with Crippen LogP contribution in [0.5, 0.6) is 0 Å². The maximum Gasteiger partial charge on any atom is 0.232 e. The Labute approximate surface area is 181 Å². The molecule has 1 unspecified atom stereocenters. The van der Waals surface area contributed by atoms with E-state index in [4.69, 9.17) is 0 Å². The van der Waals surface area contributed by atoms with Gasteiger partial charge in [-0.25, -0.2) is 0 Å². The smallest absolute Gasteiger partial charge is 0.232 e. The maximum atomic E-state index is 12.8. The van der Waals surface area contributed by atoms with E-state index in [2.05, 4.69) is 46.5 Å². The molecule has 4 nitrogen and oxygen atoms in total. The average Bonchev–Trinajstić information content (AvgIpc) is 2.71. The first-order valence-corrected chi connectivity index (χ1v) is 11.7. The topological polar surface area (TPSA) is 66.4 Å². The highest BCUT2D eigenvalue weighted by Crippen LogP contribution is 2.63. The third-order valence-electron chi connectivity index (χ3n) is 8.78. The minimum Gasteiger partial charge on any atom is -0.505 e. The standard InChI is InChI=1S/C26H39NO3/c1-7-16(2)15-27-20-13-21(28)24(30)19(23(20)29)14-26(6)18(4)11-12-25(5)17(3)9-8-10-22(25)26/h13,16,18,22,27,29H,3,7-12,14-15H2,1-2,4-6H3/t16?,18-,22+,25+,26+/m0/s1. The van der Waals surface area contributed by atoms with E-state index in [9.17, 15) is 14.7 Å². The first kappa shape index (κ1) is 22.8. The van der Waals surface area contributed by atoms with Crippen LogP contribution in [0.3, 0.4) is 0 Å². The van der Waals surface area contributed by atoms with Crippen LogP contribution in [0.15, 0.2) is 35.3 Å². The van der Waals surface area contributed by atoms with E-state index < -0.39 is 11.6 Å². The highest BCUT2D eigenvalue weighted by molar-refractivity contribution is 6.48. The van der Waals surface area contributed by atoms with Gasteiger partial charge in [0.2, 0.25) is 11.6 Å². The second-order valence-corrected chi connectivity index (χ2v) is 10.6. The lowest BCUT2D eigenvalue weighted by Crippen LogP contribution is -2.51. The Morgan fingerprint density at radius 2 is 2.00 bits per heavy atom. The number of ketones is 2. The van der Waals surface area contributed by atoms with E-state index in [0.29, 0.717) is 42.0 Å². The molecule has 3 aliphatic rings. The molecule has 5 atom stereocenters. The van der Waals surface area contributed by atoms with Gasteiger partial charge < -0.3 is 10.4 Å². The first-order chi connectivity index (χ1) is 14.0. The molecule has 0 heterocycles. The quantitative estimate of drug-likeness (QED) is 0.335. The molecule has 2 saturated carbocycles. The fourth-order valence-corrected chi connectivity index (χ4v) is 6.06. The van der Waals surface area contributed by atoms with E-state index in [1.54, 1.807) is 0 Å². The van der Waals surface area contributed by atoms with Crippen LogP contribution in [0.1, 0.15) is 79.6 Å². The van der Waals surface area contributed by atoms with Crippen molar-refractivity contribution in [2.24, 2.45) is 28.6 Å². The molecule has 4 heteroatoms. The molecule has 0 spiro atoms. The van der Waals surface area contributed by atoms with Gasteiger partial charge >= 0.3 is 0 Å². The summed E-state index contributed by atoms with van der Waals surface area (Å²) in [7, 11) is 0. The molecule has 0 aliphatic heterocycles. The van der Waals surface area contributed by atoms with Crippen LogP contribution >= 0.6 is 0 Å². The first-order valence-electron chi connectivity index (χ1n) is 11.7. The number of allylic oxidation sites excluding steroid dienone is 3. The number of aliphatic hydroxyl groups is 1. The number of nitrogens with one attached hydrogen (secondary N) is 1. The summed E-state index contributed by atoms with van der Waals surface area (Å²) in [6, 6.07) is 0. The molecule has 2 fully saturated rings. The fourth-order valence-electron chi connectivity index (χ4n) is 6.06. The van der Waals surface area contributed by atoms with Gasteiger partial charge in [0.15, 0.2) is 0 Å². The SMILES string of the molecule is C=C1CCC[C@H]2[C@](C)(CC3=C(O)C(NCC(C)CC)=CC(=O)C3=O)[C@@H](C)CC[C@]12C. The molecule has 3 aliphatic carbocycles. The molecule has 0 aromatic rings. The van der Waals surface area contributed by atoms with E-state index in [0.717, 1.165) is 38.5 Å². The fraction of sp³-hybridized carbons (Fsp3) is 0.692. The summed E-state index contributed by atoms with van der Waals surface area (Å²) in [5.74, 6) is 0.125. The average molecular weight is 414 g/mol. The molecular formula is C26H39NO3. The molecule has 0 saturated heterocycles. The van der Waals surface area contributed by atoms with Gasteiger partial charge in [-0.1, -0.05) is 53.2 Å². The highest BCUT2D eigenvalue weighted by Gasteiger charge is 2.54. The number of hydrogen-bond acceptors (Lipinski definition) is 4. The van der Waals surface area contributed by atoms with E-state index in [1.807, 2.05) is 0 Å². The van der Waals surface area contributed by atoms with Crippen LogP contribution in [0.2, 0.25) is 0 Å². The summed E-state index contributed by atoms with van der Waals surface area (Å²) < 4.78 is 0. The van der Waals surface area contributed by atoms with Gasteiger partial charge in [-0.15, -0.1) is 0 Å². The third-order valence-corrected chi connectivity index (χ3v) is 8.78. The van der Waals surface area contributed by atoms with Gasteiger partial charge in [-0.3, -0.25) is 9.59 Å². The zero-order chi connectivity index (χ0) is 22.3. The van der Waals surface area contributed by atoms with Crippen molar-refractivity contribution in [2.45, 2.75) is 79.6 Å². The van der Waals surface area contributed by atoms with Gasteiger partial charge in [-0.05, 0) is 67.1 Å². The summed E-state index contributed by atoms with van der Waals surface area (Å²) in [5, 5.41) is 14.2. The van der Waals surface area contributed by atoms with Crippen LogP contribution < -0.4 is 5.32 Å². The number of hydrogen-bond donors (Lipinski definition) is 2. The van der Waals surface area contributed by atoms with Gasteiger partial charge in [0.25, 0.3) is 0 Å². The number of aliphatic hydroxyl groups excluding tert-OH is 1. The summed E-state index contributed by atoms with van der Waals surface area (Å²) in [5.41, 5.74) is 1.94. The van der Waals surface area contributed by atoms with Crippen LogP contribution in [0, 0.1) is 28.6 Å². The predicted octanol–water partition coefficient (Wildman–Crippen LogP) is 5.66. The van der Waals surface area contributed by atoms with Gasteiger partial charge in [0, 0.05) is 18.2 Å². The van der Waals surface area contributed by atoms with Crippen molar-refractivity contribution in [1.29, 1.82) is 0 Å². The summed E-state index contributed by atoms with van der Waals surface area (Å²) >= 11 is 0. The van der Waals surface area contributed by atoms with Crippen LogP contribution in [-0.2, 0) is 9.59 Å². The van der Waals surface area contributed by atoms with Crippen molar-refractivity contribution >= 4 is 11.6 Å². The highest BCUT2D eigenvalue weighted by atomic mass is 16.3. The maximum absolute atomic E-state index is 12.8. The number of carbonyl (C=O) groups is 2. The zero-order valence-electron chi connectivity index (χ0n) is 19.4. The van der Waals surface area contributed by atoms with Gasteiger partial charge in [-0.2, -0.15) is 0 Å². The van der Waals surface area contributed by atoms with E-state index in [-0.39, 0.29) is 16.6 Å². The summed E-state index contributed by atoms with van der Waals surface area (Å²) in [4.78, 5) is 25.3. The molecule has 2 N–H and O–H groups in total. The Balaban J connectivity index is 1.94. The minimum absolute atomic E-state index is 0.0294. The van der Waals surface area contributed by atoms with Crippen molar-refractivity contribution in [3.05, 3.63) is 35.3 Å². The molecule has 166 valence electrons. The lowest BCUT2D eigenvalue weighted by Gasteiger charge is -2.59. The molecule has 0 aromatic carbocycles. The Bertz CT molecular complexity index is 807. The largest absolute Gasteiger partial charge is 0.505 e. The Morgan fingerprint density at radius 3 is 2.67 bits per heavy atom. The number of Topliss-reactive ketones (excluding diaryl/α,β-unsaturated/α-hetero) is 1. The van der Waals surface area contributed by atoms with Crippen molar-refractivity contribution in [1.82, 2.24) is 5.32 Å². The molecule has 0 radical (unpaired) electrons. The molecule has 3 rings (SSSR count). The summed E-state index contributed by atoms with van der Waals surface area (Å²) in [6.07, 6.45) is 8.24. The minimum atomic E-state index is -0.545. The Hall–Kier alpha value is -1.84. The van der Waals surface area contributed by atoms with E-state index >= 15 is 0 Å². The number of rotatable bonds is 6. The van der Waals surface area contributed by atoms with E-state index in [1.165, 1.54) is 11.6 Å². The lowest BCUT2D eigenvalue weighted by molar-refractivity contribution is -0.132. The monoisotopic (exact) mass is 413 g/mol. The van der Waals surface area contributed by atoms with Gasteiger partial charge in [0.1, 0.15) is 5.76 Å². The van der Waals surface area contributed by atoms with Crippen LogP contribution in [0.4, 0.5) is 0 Å². The van der Waals surface area contributed by atoms with Gasteiger partial charge in [0.05, 0.1) is 5.70 Å². The number of fused-ring (bicyclic) bond motifs is 1. The zero-order valence-corrected chi connectivity index (χ0v) is 19.4. The second kappa shape index (κ2) is 8.36. The normalized spacial score (nSPS) is 35.8. The second-order valence-electron chi connectivity index (χ2n) is 10.6. The molecule has 30 heavy (non-hydrogen) atoms. The van der Waals surface area contributed by atoms with Crippen molar-refractivity contribution < 1.29 is 14.7 Å². The third kappa shape index (κ3) is 3.78. The van der Waals surface area contributed by atoms with Crippen molar-refractivity contribution in [3.63, 3.8) is 0 Å². The van der Waals surface area contributed by atoms with Crippen LogP contribution in [0.25, 0.3) is 0 Å². The molecule has 0 amide bonds. The Kier molecular flexibility index (Phi) is 6.36.